The van der Waals surface area contributed by atoms with Crippen LogP contribution in [0, 0.1) is 4.91 Å². The van der Waals surface area contributed by atoms with Gasteiger partial charge in [-0.3, -0.25) is 5.01 Å². The van der Waals surface area contributed by atoms with Crippen LogP contribution in [0.1, 0.15) is 25.3 Å². The molecule has 19 heavy (non-hydrogen) atoms. The van der Waals surface area contributed by atoms with Crippen molar-refractivity contribution < 1.29 is 9.84 Å². The highest BCUT2D eigenvalue weighted by Crippen LogP contribution is 2.06. The van der Waals surface area contributed by atoms with Gasteiger partial charge in [-0.1, -0.05) is 43.7 Å². The van der Waals surface area contributed by atoms with Gasteiger partial charge in [0.15, 0.2) is 0 Å². The summed E-state index contributed by atoms with van der Waals surface area (Å²) in [6.45, 7) is 3.29. The number of rotatable bonds is 10. The van der Waals surface area contributed by atoms with Gasteiger partial charge in [-0.05, 0) is 12.0 Å². The number of unbranched alkanes of at least 4 members (excludes halogenated alkanes) is 1. The van der Waals surface area contributed by atoms with Gasteiger partial charge in [0.2, 0.25) is 0 Å². The van der Waals surface area contributed by atoms with Crippen molar-refractivity contribution in [1.29, 1.82) is 0 Å². The maximum absolute atomic E-state index is 10.7. The van der Waals surface area contributed by atoms with Crippen LogP contribution in [0.4, 0.5) is 0 Å². The summed E-state index contributed by atoms with van der Waals surface area (Å²) in [7, 11) is 0. The van der Waals surface area contributed by atoms with Crippen molar-refractivity contribution in [3.63, 3.8) is 0 Å². The molecular formula is C14H22N2O3. The van der Waals surface area contributed by atoms with E-state index in [-0.39, 0.29) is 6.61 Å². The number of ether oxygens (including phenoxy) is 1. The molecule has 0 spiro atoms. The number of nitrogens with zero attached hydrogens (tertiary/aromatic N) is 2. The van der Waals surface area contributed by atoms with Gasteiger partial charge in [0, 0.05) is 6.54 Å². The molecule has 0 heterocycles. The van der Waals surface area contributed by atoms with Gasteiger partial charge in [0.25, 0.3) is 0 Å². The Kier molecular flexibility index (Phi) is 7.77. The molecule has 0 aliphatic rings. The van der Waals surface area contributed by atoms with Crippen LogP contribution in [0.3, 0.4) is 0 Å². The van der Waals surface area contributed by atoms with Crippen LogP contribution in [0.2, 0.25) is 0 Å². The lowest BCUT2D eigenvalue weighted by molar-refractivity contribution is -0.0177. The Bertz CT molecular complexity index is 346. The molecule has 0 aliphatic heterocycles. The van der Waals surface area contributed by atoms with Crippen LogP contribution in [0.15, 0.2) is 35.6 Å². The Labute approximate surface area is 114 Å². The predicted octanol–water partition coefficient (Wildman–Crippen LogP) is 2.35. The fraction of sp³-hybridized carbons (Fsp3) is 0.571. The maximum atomic E-state index is 10.7. The number of hydrogen-bond donors (Lipinski definition) is 1. The summed E-state index contributed by atoms with van der Waals surface area (Å²) in [5, 5.41) is 13.7. The fourth-order valence-electron chi connectivity index (χ4n) is 1.69. The van der Waals surface area contributed by atoms with Gasteiger partial charge >= 0.3 is 0 Å². The Hall–Kier alpha value is -1.46. The molecule has 0 aliphatic carbocycles. The van der Waals surface area contributed by atoms with Crippen molar-refractivity contribution in [2.45, 2.75) is 32.5 Å². The van der Waals surface area contributed by atoms with E-state index in [1.165, 1.54) is 5.01 Å². The number of benzene rings is 1. The zero-order valence-electron chi connectivity index (χ0n) is 11.4. The molecule has 0 amide bonds. The first-order valence-electron chi connectivity index (χ1n) is 6.64. The molecule has 1 N–H and O–H groups in total. The number of hydrogen-bond acceptors (Lipinski definition) is 4. The largest absolute Gasteiger partial charge is 0.394 e. The van der Waals surface area contributed by atoms with Crippen LogP contribution in [-0.2, 0) is 11.3 Å². The van der Waals surface area contributed by atoms with Crippen molar-refractivity contribution in [2.75, 3.05) is 19.7 Å². The third kappa shape index (κ3) is 6.31. The molecular weight excluding hydrogens is 244 g/mol. The molecule has 0 aromatic heterocycles. The molecule has 0 radical (unpaired) electrons. The van der Waals surface area contributed by atoms with E-state index in [0.29, 0.717) is 19.7 Å². The molecule has 0 saturated carbocycles. The molecule has 1 atom stereocenters. The molecule has 5 heteroatoms. The maximum Gasteiger partial charge on any atom is 0.100 e. The van der Waals surface area contributed by atoms with Crippen LogP contribution in [-0.4, -0.2) is 35.9 Å². The lowest BCUT2D eigenvalue weighted by Gasteiger charge is -2.21. The highest BCUT2D eigenvalue weighted by atomic mass is 16.5. The molecule has 0 fully saturated rings. The van der Waals surface area contributed by atoms with E-state index in [1.807, 2.05) is 30.3 Å². The van der Waals surface area contributed by atoms with E-state index in [0.717, 1.165) is 18.4 Å². The van der Waals surface area contributed by atoms with E-state index in [9.17, 15) is 10.0 Å². The average molecular weight is 266 g/mol. The summed E-state index contributed by atoms with van der Waals surface area (Å²) in [5.41, 5.74) is 1.04. The summed E-state index contributed by atoms with van der Waals surface area (Å²) in [6, 6.07) is 9.73. The summed E-state index contributed by atoms with van der Waals surface area (Å²) < 4.78 is 5.60. The lowest BCUT2D eigenvalue weighted by Crippen LogP contribution is -2.33. The fourth-order valence-corrected chi connectivity index (χ4v) is 1.69. The molecule has 5 nitrogen and oxygen atoms in total. The number of aliphatic hydroxyl groups excluding tert-OH is 1. The van der Waals surface area contributed by atoms with Crippen molar-refractivity contribution in [3.05, 3.63) is 40.8 Å². The summed E-state index contributed by atoms with van der Waals surface area (Å²) in [4.78, 5) is 10.7. The predicted molar refractivity (Wildman–Crippen MR) is 74.4 cm³/mol. The monoisotopic (exact) mass is 266 g/mol. The second-order valence-corrected chi connectivity index (χ2v) is 4.45. The minimum absolute atomic E-state index is 0.120. The topological polar surface area (TPSA) is 62.1 Å². The smallest absolute Gasteiger partial charge is 0.100 e. The van der Waals surface area contributed by atoms with E-state index < -0.39 is 6.10 Å². The van der Waals surface area contributed by atoms with Crippen molar-refractivity contribution in [3.8, 4) is 0 Å². The normalized spacial score (nSPS) is 12.1. The quantitative estimate of drug-likeness (QED) is 0.521. The van der Waals surface area contributed by atoms with Crippen LogP contribution in [0.25, 0.3) is 0 Å². The molecule has 1 aromatic carbocycles. The minimum atomic E-state index is -0.394. The highest BCUT2D eigenvalue weighted by molar-refractivity contribution is 5.13. The summed E-state index contributed by atoms with van der Waals surface area (Å²) >= 11 is 0. The Morgan fingerprint density at radius 2 is 2.11 bits per heavy atom. The first kappa shape index (κ1) is 15.6. The average Bonchev–Trinajstić information content (AvgIpc) is 2.47. The van der Waals surface area contributed by atoms with E-state index in [2.05, 4.69) is 12.2 Å². The third-order valence-electron chi connectivity index (χ3n) is 2.83. The Balaban J connectivity index is 2.37. The van der Waals surface area contributed by atoms with Crippen LogP contribution in [0.5, 0.6) is 0 Å². The van der Waals surface area contributed by atoms with Crippen molar-refractivity contribution in [1.82, 2.24) is 5.01 Å². The highest BCUT2D eigenvalue weighted by Gasteiger charge is 2.13. The SMILES string of the molecule is CCCCN(C[C@H](CO)OCc1ccccc1)N=O. The molecule has 0 unspecified atom stereocenters. The first-order valence-corrected chi connectivity index (χ1v) is 6.64. The van der Waals surface area contributed by atoms with Crippen molar-refractivity contribution in [2.24, 2.45) is 5.29 Å². The lowest BCUT2D eigenvalue weighted by atomic mass is 10.2. The standard InChI is InChI=1S/C14H22N2O3/c1-2-3-9-16(15-18)10-14(11-17)19-12-13-7-5-4-6-8-13/h4-8,14,17H,2-3,9-12H2,1H3/t14-/m1/s1. The van der Waals surface area contributed by atoms with E-state index in [4.69, 9.17) is 4.74 Å². The Morgan fingerprint density at radius 3 is 2.68 bits per heavy atom. The summed E-state index contributed by atoms with van der Waals surface area (Å²) in [5.74, 6) is 0. The van der Waals surface area contributed by atoms with Gasteiger partial charge in [0.05, 0.1) is 25.0 Å². The van der Waals surface area contributed by atoms with Crippen LogP contribution < -0.4 is 0 Å². The Morgan fingerprint density at radius 1 is 1.37 bits per heavy atom. The molecule has 0 bridgehead atoms. The first-order chi connectivity index (χ1) is 9.30. The van der Waals surface area contributed by atoms with Crippen molar-refractivity contribution >= 4 is 0 Å². The molecule has 106 valence electrons. The van der Waals surface area contributed by atoms with Gasteiger partial charge < -0.3 is 9.84 Å². The third-order valence-corrected chi connectivity index (χ3v) is 2.83. The van der Waals surface area contributed by atoms with E-state index >= 15 is 0 Å². The minimum Gasteiger partial charge on any atom is -0.394 e. The van der Waals surface area contributed by atoms with Gasteiger partial charge in [-0.2, -0.15) is 0 Å². The molecule has 0 saturated heterocycles. The van der Waals surface area contributed by atoms with Gasteiger partial charge in [-0.15, -0.1) is 4.91 Å². The van der Waals surface area contributed by atoms with Gasteiger partial charge in [0.1, 0.15) is 6.10 Å². The van der Waals surface area contributed by atoms with Gasteiger partial charge in [-0.25, -0.2) is 0 Å². The number of aliphatic hydroxyl groups is 1. The molecule has 1 aromatic rings. The zero-order valence-corrected chi connectivity index (χ0v) is 11.4. The summed E-state index contributed by atoms with van der Waals surface area (Å²) in [6.07, 6.45) is 1.51. The van der Waals surface area contributed by atoms with Crippen LogP contribution >= 0.6 is 0 Å². The van der Waals surface area contributed by atoms with E-state index in [1.54, 1.807) is 0 Å². The second-order valence-electron chi connectivity index (χ2n) is 4.45. The molecule has 1 rings (SSSR count). The zero-order chi connectivity index (χ0) is 13.9. The second kappa shape index (κ2) is 9.47. The number of nitroso groups, excluding NO2 is 1.